The zero-order chi connectivity index (χ0) is 14.6. The van der Waals surface area contributed by atoms with Crippen LogP contribution in [0.25, 0.3) is 0 Å². The monoisotopic (exact) mass is 266 g/mol. The third-order valence-electron chi connectivity index (χ3n) is 2.61. The van der Waals surface area contributed by atoms with E-state index in [-0.39, 0.29) is 17.2 Å². The Kier molecular flexibility index (Phi) is 4.86. The van der Waals surface area contributed by atoms with Gasteiger partial charge >= 0.3 is 0 Å². The lowest BCUT2D eigenvalue weighted by Gasteiger charge is -2.20. The van der Waals surface area contributed by atoms with E-state index in [2.05, 4.69) is 0 Å². The fourth-order valence-corrected chi connectivity index (χ4v) is 1.81. The standard InChI is InChI=1S/C13H18N2O4/c1-9(2)8-14(3)13(16)11-7-10(15(17)18)5-6-12(11)19-4/h5-7,9H,8H2,1-4H3. The molecule has 1 rings (SSSR count). The average Bonchev–Trinajstić information content (AvgIpc) is 2.36. The first-order valence-corrected chi connectivity index (χ1v) is 5.94. The highest BCUT2D eigenvalue weighted by Crippen LogP contribution is 2.25. The minimum atomic E-state index is -0.529. The van der Waals surface area contributed by atoms with Crippen molar-refractivity contribution < 1.29 is 14.5 Å². The molecule has 1 aromatic rings. The number of nitro benzene ring substituents is 1. The lowest BCUT2D eigenvalue weighted by Crippen LogP contribution is -2.30. The largest absolute Gasteiger partial charge is 0.496 e. The Morgan fingerprint density at radius 1 is 1.47 bits per heavy atom. The van der Waals surface area contributed by atoms with Crippen molar-refractivity contribution in [3.63, 3.8) is 0 Å². The Morgan fingerprint density at radius 2 is 2.11 bits per heavy atom. The third-order valence-corrected chi connectivity index (χ3v) is 2.61. The lowest BCUT2D eigenvalue weighted by atomic mass is 10.1. The number of carbonyl (C=O) groups is 1. The van der Waals surface area contributed by atoms with Crippen LogP contribution in [0.2, 0.25) is 0 Å². The van der Waals surface area contributed by atoms with E-state index in [1.165, 1.54) is 30.2 Å². The summed E-state index contributed by atoms with van der Waals surface area (Å²) in [5.74, 6) is 0.374. The number of hydrogen-bond acceptors (Lipinski definition) is 4. The molecule has 19 heavy (non-hydrogen) atoms. The van der Waals surface area contributed by atoms with E-state index in [1.54, 1.807) is 7.05 Å². The first-order valence-electron chi connectivity index (χ1n) is 5.94. The number of non-ortho nitro benzene ring substituents is 1. The number of amides is 1. The van der Waals surface area contributed by atoms with Crippen LogP contribution in [0.1, 0.15) is 24.2 Å². The van der Waals surface area contributed by atoms with E-state index in [4.69, 9.17) is 4.74 Å². The zero-order valence-electron chi connectivity index (χ0n) is 11.5. The Morgan fingerprint density at radius 3 is 2.58 bits per heavy atom. The van der Waals surface area contributed by atoms with Crippen LogP contribution in [-0.2, 0) is 0 Å². The minimum absolute atomic E-state index is 0.123. The van der Waals surface area contributed by atoms with Crippen LogP contribution >= 0.6 is 0 Å². The van der Waals surface area contributed by atoms with Crippen molar-refractivity contribution in [3.8, 4) is 5.75 Å². The molecule has 0 aliphatic heterocycles. The van der Waals surface area contributed by atoms with Gasteiger partial charge in [-0.1, -0.05) is 13.8 Å². The van der Waals surface area contributed by atoms with Gasteiger partial charge in [-0.3, -0.25) is 14.9 Å². The van der Waals surface area contributed by atoms with Crippen molar-refractivity contribution in [2.75, 3.05) is 20.7 Å². The summed E-state index contributed by atoms with van der Waals surface area (Å²) in [6.45, 7) is 4.56. The molecule has 0 unspecified atom stereocenters. The quantitative estimate of drug-likeness (QED) is 0.605. The van der Waals surface area contributed by atoms with Gasteiger partial charge < -0.3 is 9.64 Å². The second-order valence-corrected chi connectivity index (χ2v) is 4.72. The number of nitrogens with zero attached hydrogens (tertiary/aromatic N) is 2. The van der Waals surface area contributed by atoms with Crippen LogP contribution < -0.4 is 4.74 Å². The van der Waals surface area contributed by atoms with Crippen molar-refractivity contribution in [1.82, 2.24) is 4.90 Å². The van der Waals surface area contributed by atoms with Gasteiger partial charge in [-0.25, -0.2) is 0 Å². The predicted molar refractivity (Wildman–Crippen MR) is 71.4 cm³/mol. The van der Waals surface area contributed by atoms with E-state index in [0.29, 0.717) is 18.2 Å². The Bertz CT molecular complexity index is 486. The number of carbonyl (C=O) groups excluding carboxylic acids is 1. The Labute approximate surface area is 112 Å². The molecule has 6 nitrogen and oxygen atoms in total. The van der Waals surface area contributed by atoms with Gasteiger partial charge in [-0.05, 0) is 12.0 Å². The van der Waals surface area contributed by atoms with Crippen molar-refractivity contribution in [2.24, 2.45) is 5.92 Å². The second kappa shape index (κ2) is 6.17. The van der Waals surface area contributed by atoms with E-state index in [9.17, 15) is 14.9 Å². The molecule has 0 bridgehead atoms. The molecule has 104 valence electrons. The Balaban J connectivity index is 3.12. The summed E-state index contributed by atoms with van der Waals surface area (Å²) in [4.78, 5) is 24.0. The molecule has 0 heterocycles. The summed E-state index contributed by atoms with van der Waals surface area (Å²) in [5.41, 5.74) is 0.0851. The Hall–Kier alpha value is -2.11. The molecule has 0 spiro atoms. The second-order valence-electron chi connectivity index (χ2n) is 4.72. The predicted octanol–water partition coefficient (Wildman–Crippen LogP) is 2.33. The van der Waals surface area contributed by atoms with Crippen LogP contribution in [0.5, 0.6) is 5.75 Å². The van der Waals surface area contributed by atoms with Crippen LogP contribution in [0.4, 0.5) is 5.69 Å². The number of benzene rings is 1. The van der Waals surface area contributed by atoms with Gasteiger partial charge in [-0.2, -0.15) is 0 Å². The van der Waals surface area contributed by atoms with Crippen LogP contribution in [-0.4, -0.2) is 36.4 Å². The maximum Gasteiger partial charge on any atom is 0.270 e. The van der Waals surface area contributed by atoms with Crippen molar-refractivity contribution >= 4 is 11.6 Å². The SMILES string of the molecule is COc1ccc([N+](=O)[O-])cc1C(=O)N(C)CC(C)C. The summed E-state index contributed by atoms with van der Waals surface area (Å²) in [5, 5.41) is 10.8. The number of hydrogen-bond donors (Lipinski definition) is 0. The molecule has 0 aromatic heterocycles. The minimum Gasteiger partial charge on any atom is -0.496 e. The van der Waals surface area contributed by atoms with Gasteiger partial charge in [0.1, 0.15) is 5.75 Å². The normalized spacial score (nSPS) is 10.4. The van der Waals surface area contributed by atoms with Gasteiger partial charge in [0.15, 0.2) is 0 Å². The molecule has 6 heteroatoms. The van der Waals surface area contributed by atoms with Gasteiger partial charge in [0.05, 0.1) is 17.6 Å². The highest BCUT2D eigenvalue weighted by molar-refractivity contribution is 5.97. The summed E-state index contributed by atoms with van der Waals surface area (Å²) in [7, 11) is 3.10. The topological polar surface area (TPSA) is 72.7 Å². The van der Waals surface area contributed by atoms with Crippen LogP contribution in [0, 0.1) is 16.0 Å². The molecule has 0 aliphatic carbocycles. The molecular formula is C13H18N2O4. The maximum absolute atomic E-state index is 12.3. The van der Waals surface area contributed by atoms with E-state index in [0.717, 1.165) is 0 Å². The summed E-state index contributed by atoms with van der Waals surface area (Å²) < 4.78 is 5.09. The molecule has 0 saturated carbocycles. The molecule has 0 N–H and O–H groups in total. The first kappa shape index (κ1) is 14.9. The number of methoxy groups -OCH3 is 1. The fraction of sp³-hybridized carbons (Fsp3) is 0.462. The van der Waals surface area contributed by atoms with Gasteiger partial charge in [0, 0.05) is 25.7 Å². The fourth-order valence-electron chi connectivity index (χ4n) is 1.81. The van der Waals surface area contributed by atoms with E-state index < -0.39 is 4.92 Å². The van der Waals surface area contributed by atoms with Crippen LogP contribution in [0.3, 0.4) is 0 Å². The summed E-state index contributed by atoms with van der Waals surface area (Å²) >= 11 is 0. The number of nitro groups is 1. The van der Waals surface area contributed by atoms with Crippen molar-refractivity contribution in [1.29, 1.82) is 0 Å². The van der Waals surface area contributed by atoms with Gasteiger partial charge in [0.25, 0.3) is 11.6 Å². The molecule has 0 atom stereocenters. The molecular weight excluding hydrogens is 248 g/mol. The van der Waals surface area contributed by atoms with Crippen molar-refractivity contribution in [3.05, 3.63) is 33.9 Å². The molecule has 0 aliphatic rings. The molecule has 0 fully saturated rings. The molecule has 0 saturated heterocycles. The molecule has 1 amide bonds. The lowest BCUT2D eigenvalue weighted by molar-refractivity contribution is -0.384. The summed E-state index contributed by atoms with van der Waals surface area (Å²) in [6.07, 6.45) is 0. The van der Waals surface area contributed by atoms with Crippen LogP contribution in [0.15, 0.2) is 18.2 Å². The van der Waals surface area contributed by atoms with Gasteiger partial charge in [-0.15, -0.1) is 0 Å². The maximum atomic E-state index is 12.3. The summed E-state index contributed by atoms with van der Waals surface area (Å²) in [6, 6.07) is 4.00. The highest BCUT2D eigenvalue weighted by Gasteiger charge is 2.20. The first-order chi connectivity index (χ1) is 8.86. The van der Waals surface area contributed by atoms with E-state index in [1.807, 2.05) is 13.8 Å². The number of ether oxygens (including phenoxy) is 1. The highest BCUT2D eigenvalue weighted by atomic mass is 16.6. The average molecular weight is 266 g/mol. The smallest absolute Gasteiger partial charge is 0.270 e. The third kappa shape index (κ3) is 3.67. The van der Waals surface area contributed by atoms with Crippen molar-refractivity contribution in [2.45, 2.75) is 13.8 Å². The molecule has 0 radical (unpaired) electrons. The zero-order valence-corrected chi connectivity index (χ0v) is 11.5. The number of rotatable bonds is 5. The molecule has 1 aromatic carbocycles. The van der Waals surface area contributed by atoms with Gasteiger partial charge in [0.2, 0.25) is 0 Å². The van der Waals surface area contributed by atoms with E-state index >= 15 is 0 Å².